The third kappa shape index (κ3) is 3.96. The fraction of sp³-hybridized carbons (Fsp3) is 0.364. The van der Waals surface area contributed by atoms with Crippen LogP contribution in [0.4, 0.5) is 0 Å². The lowest BCUT2D eigenvalue weighted by Gasteiger charge is -2.34. The highest BCUT2D eigenvalue weighted by atomic mass is 16.2. The maximum absolute atomic E-state index is 12.8. The summed E-state index contributed by atoms with van der Waals surface area (Å²) in [5.41, 5.74) is 1.16. The van der Waals surface area contributed by atoms with Gasteiger partial charge >= 0.3 is 0 Å². The molecule has 2 aromatic carbocycles. The normalized spacial score (nSPS) is 15.5. The Morgan fingerprint density at radius 3 is 2.04 bits per heavy atom. The molecule has 1 fully saturated rings. The van der Waals surface area contributed by atoms with E-state index in [2.05, 4.69) is 5.32 Å². The minimum atomic E-state index is -0.571. The number of rotatable bonds is 4. The summed E-state index contributed by atoms with van der Waals surface area (Å²) < 4.78 is 0. The molecule has 0 saturated carbocycles. The molecule has 4 nitrogen and oxygen atoms in total. The molecule has 1 N–H and O–H groups in total. The Labute approximate surface area is 155 Å². The first-order chi connectivity index (χ1) is 12.5. The van der Waals surface area contributed by atoms with Gasteiger partial charge in [-0.1, -0.05) is 48.5 Å². The van der Waals surface area contributed by atoms with Crippen molar-refractivity contribution in [2.75, 3.05) is 13.1 Å². The van der Waals surface area contributed by atoms with Crippen molar-refractivity contribution in [1.82, 2.24) is 10.2 Å². The van der Waals surface area contributed by atoms with E-state index in [4.69, 9.17) is 0 Å². The van der Waals surface area contributed by atoms with E-state index in [1.54, 1.807) is 0 Å². The molecule has 4 heteroatoms. The van der Waals surface area contributed by atoms with Gasteiger partial charge in [0.1, 0.15) is 0 Å². The molecule has 136 valence electrons. The third-order valence-electron chi connectivity index (χ3n) is 5.20. The quantitative estimate of drug-likeness (QED) is 0.919. The maximum Gasteiger partial charge on any atom is 0.253 e. The number of nitrogens with one attached hydrogen (secondary N) is 1. The molecule has 1 aliphatic rings. The van der Waals surface area contributed by atoms with Crippen LogP contribution in [-0.2, 0) is 10.2 Å². The van der Waals surface area contributed by atoms with Crippen molar-refractivity contribution in [2.45, 2.75) is 38.1 Å². The van der Waals surface area contributed by atoms with Crippen molar-refractivity contribution < 1.29 is 9.59 Å². The second-order valence-electron chi connectivity index (χ2n) is 7.40. The highest BCUT2D eigenvalue weighted by Gasteiger charge is 2.32. The molecule has 3 rings (SSSR count). The van der Waals surface area contributed by atoms with Gasteiger partial charge in [0.25, 0.3) is 5.91 Å². The standard InChI is InChI=1S/C22H26N2O2/c1-22(2,18-11-7-4-8-12-18)21(26)23-19-13-15-24(16-14-19)20(25)17-9-5-3-6-10-17/h3-12,19H,13-16H2,1-2H3,(H,23,26). The van der Waals surface area contributed by atoms with E-state index < -0.39 is 5.41 Å². The SMILES string of the molecule is CC(C)(C(=O)NC1CCN(C(=O)c2ccccc2)CC1)c1ccccc1. The van der Waals surface area contributed by atoms with Crippen molar-refractivity contribution in [3.05, 3.63) is 71.8 Å². The summed E-state index contributed by atoms with van der Waals surface area (Å²) in [7, 11) is 0. The molecule has 2 amide bonds. The predicted octanol–water partition coefficient (Wildman–Crippen LogP) is 3.39. The lowest BCUT2D eigenvalue weighted by Crippen LogP contribution is -2.50. The molecular formula is C22H26N2O2. The Hall–Kier alpha value is -2.62. The number of likely N-dealkylation sites (tertiary alicyclic amines) is 1. The van der Waals surface area contributed by atoms with Gasteiger partial charge in [0.15, 0.2) is 0 Å². The van der Waals surface area contributed by atoms with Gasteiger partial charge in [-0.15, -0.1) is 0 Å². The van der Waals surface area contributed by atoms with Crippen molar-refractivity contribution in [2.24, 2.45) is 0 Å². The first-order valence-electron chi connectivity index (χ1n) is 9.19. The molecule has 1 aliphatic heterocycles. The summed E-state index contributed by atoms with van der Waals surface area (Å²) in [6.07, 6.45) is 1.57. The molecule has 1 heterocycles. The van der Waals surface area contributed by atoms with Crippen LogP contribution in [-0.4, -0.2) is 35.8 Å². The lowest BCUT2D eigenvalue weighted by molar-refractivity contribution is -0.126. The van der Waals surface area contributed by atoms with Gasteiger partial charge in [0.05, 0.1) is 5.41 Å². The molecule has 0 bridgehead atoms. The van der Waals surface area contributed by atoms with E-state index in [0.717, 1.165) is 24.0 Å². The summed E-state index contributed by atoms with van der Waals surface area (Å²) >= 11 is 0. The van der Waals surface area contributed by atoms with Gasteiger partial charge in [0.2, 0.25) is 5.91 Å². The van der Waals surface area contributed by atoms with E-state index in [1.165, 1.54) is 0 Å². The minimum absolute atomic E-state index is 0.0385. The molecule has 0 radical (unpaired) electrons. The Bertz CT molecular complexity index is 748. The van der Waals surface area contributed by atoms with E-state index in [-0.39, 0.29) is 17.9 Å². The van der Waals surface area contributed by atoms with E-state index in [1.807, 2.05) is 79.4 Å². The first-order valence-corrected chi connectivity index (χ1v) is 9.19. The van der Waals surface area contributed by atoms with Crippen LogP contribution in [0.2, 0.25) is 0 Å². The number of piperidine rings is 1. The maximum atomic E-state index is 12.8. The van der Waals surface area contributed by atoms with Crippen LogP contribution in [0.5, 0.6) is 0 Å². The largest absolute Gasteiger partial charge is 0.352 e. The van der Waals surface area contributed by atoms with Gasteiger partial charge in [0, 0.05) is 24.7 Å². The average Bonchev–Trinajstić information content (AvgIpc) is 2.69. The van der Waals surface area contributed by atoms with Crippen LogP contribution >= 0.6 is 0 Å². The molecular weight excluding hydrogens is 324 g/mol. The molecule has 0 spiro atoms. The number of carbonyl (C=O) groups excluding carboxylic acids is 2. The molecule has 0 aliphatic carbocycles. The minimum Gasteiger partial charge on any atom is -0.352 e. The van der Waals surface area contributed by atoms with Crippen LogP contribution in [0.1, 0.15) is 42.6 Å². The molecule has 1 saturated heterocycles. The van der Waals surface area contributed by atoms with Crippen molar-refractivity contribution in [3.63, 3.8) is 0 Å². The van der Waals surface area contributed by atoms with Gasteiger partial charge in [-0.2, -0.15) is 0 Å². The average molecular weight is 350 g/mol. The van der Waals surface area contributed by atoms with Crippen LogP contribution in [0, 0.1) is 0 Å². The zero-order valence-electron chi connectivity index (χ0n) is 15.4. The van der Waals surface area contributed by atoms with Crippen molar-refractivity contribution >= 4 is 11.8 Å². The smallest absolute Gasteiger partial charge is 0.253 e. The second kappa shape index (κ2) is 7.73. The Morgan fingerprint density at radius 1 is 0.923 bits per heavy atom. The van der Waals surface area contributed by atoms with Gasteiger partial charge in [-0.05, 0) is 44.4 Å². The fourth-order valence-electron chi connectivity index (χ4n) is 3.34. The van der Waals surface area contributed by atoms with Crippen LogP contribution in [0.25, 0.3) is 0 Å². The zero-order chi connectivity index (χ0) is 18.6. The molecule has 0 aromatic heterocycles. The third-order valence-corrected chi connectivity index (χ3v) is 5.20. The molecule has 0 atom stereocenters. The second-order valence-corrected chi connectivity index (χ2v) is 7.40. The highest BCUT2D eigenvalue weighted by molar-refractivity contribution is 5.94. The summed E-state index contributed by atoms with van der Waals surface area (Å²) in [6.45, 7) is 5.24. The highest BCUT2D eigenvalue weighted by Crippen LogP contribution is 2.24. The Morgan fingerprint density at radius 2 is 1.46 bits per heavy atom. The van der Waals surface area contributed by atoms with Gasteiger partial charge in [-0.25, -0.2) is 0 Å². The fourth-order valence-corrected chi connectivity index (χ4v) is 3.34. The van der Waals surface area contributed by atoms with Crippen LogP contribution in [0.15, 0.2) is 60.7 Å². The van der Waals surface area contributed by atoms with E-state index in [0.29, 0.717) is 13.1 Å². The number of nitrogens with zero attached hydrogens (tertiary/aromatic N) is 1. The number of benzene rings is 2. The van der Waals surface area contributed by atoms with Gasteiger partial charge < -0.3 is 10.2 Å². The van der Waals surface area contributed by atoms with Crippen molar-refractivity contribution in [3.8, 4) is 0 Å². The Balaban J connectivity index is 1.55. The molecule has 0 unspecified atom stereocenters. The predicted molar refractivity (Wildman–Crippen MR) is 103 cm³/mol. The van der Waals surface area contributed by atoms with Gasteiger partial charge in [-0.3, -0.25) is 9.59 Å². The monoisotopic (exact) mass is 350 g/mol. The first kappa shape index (κ1) is 18.2. The van der Waals surface area contributed by atoms with Crippen molar-refractivity contribution in [1.29, 1.82) is 0 Å². The zero-order valence-corrected chi connectivity index (χ0v) is 15.4. The molecule has 2 aromatic rings. The number of hydrogen-bond acceptors (Lipinski definition) is 2. The number of carbonyl (C=O) groups is 2. The number of hydrogen-bond donors (Lipinski definition) is 1. The van der Waals surface area contributed by atoms with Crippen LogP contribution in [0.3, 0.4) is 0 Å². The summed E-state index contributed by atoms with van der Waals surface area (Å²) in [6, 6.07) is 19.3. The number of amides is 2. The summed E-state index contributed by atoms with van der Waals surface area (Å²) in [4.78, 5) is 27.2. The summed E-state index contributed by atoms with van der Waals surface area (Å²) in [5, 5.41) is 3.18. The lowest BCUT2D eigenvalue weighted by atomic mass is 9.83. The summed E-state index contributed by atoms with van der Waals surface area (Å²) in [5.74, 6) is 0.108. The van der Waals surface area contributed by atoms with Crippen LogP contribution < -0.4 is 5.32 Å². The topological polar surface area (TPSA) is 49.4 Å². The molecule has 26 heavy (non-hydrogen) atoms. The Kier molecular flexibility index (Phi) is 5.40. The van der Waals surface area contributed by atoms with E-state index in [9.17, 15) is 9.59 Å². The van der Waals surface area contributed by atoms with E-state index >= 15 is 0 Å².